The van der Waals surface area contributed by atoms with E-state index >= 15 is 0 Å². The lowest BCUT2D eigenvalue weighted by atomic mass is 9.66. The fraction of sp³-hybridized carbons (Fsp3) is 0.529. The molecule has 0 saturated heterocycles. The van der Waals surface area contributed by atoms with Crippen LogP contribution in [0.15, 0.2) is 12.1 Å². The van der Waals surface area contributed by atoms with Crippen LogP contribution in [0.1, 0.15) is 41.5 Å². The van der Waals surface area contributed by atoms with Crippen LogP contribution in [0.3, 0.4) is 0 Å². The summed E-state index contributed by atoms with van der Waals surface area (Å²) < 4.78 is 9.80. The average Bonchev–Trinajstić information content (AvgIpc) is 2.43. The van der Waals surface area contributed by atoms with Gasteiger partial charge in [-0.1, -0.05) is 24.6 Å². The summed E-state index contributed by atoms with van der Waals surface area (Å²) in [7, 11) is 2.63. The molecule has 1 aromatic carbocycles. The third kappa shape index (κ3) is 2.43. The maximum atomic E-state index is 12.3. The predicted molar refractivity (Wildman–Crippen MR) is 79.1 cm³/mol. The minimum absolute atomic E-state index is 0.104. The van der Waals surface area contributed by atoms with Crippen molar-refractivity contribution >= 4 is 11.9 Å². The standard InChI is InChI=1S/C17H22O4/c1-10-6-11(2)14-12(3)8-17(15(18)20-4,16(19)21-5)9-13(14)7-10/h6-7,12H,8-9H2,1-5H3. The van der Waals surface area contributed by atoms with E-state index in [2.05, 4.69) is 19.1 Å². The van der Waals surface area contributed by atoms with E-state index in [-0.39, 0.29) is 5.92 Å². The van der Waals surface area contributed by atoms with Crippen molar-refractivity contribution < 1.29 is 19.1 Å². The highest BCUT2D eigenvalue weighted by atomic mass is 16.5. The molecule has 4 nitrogen and oxygen atoms in total. The molecule has 0 bridgehead atoms. The first-order valence-electron chi connectivity index (χ1n) is 7.12. The van der Waals surface area contributed by atoms with Crippen molar-refractivity contribution in [3.8, 4) is 0 Å². The van der Waals surface area contributed by atoms with E-state index in [1.54, 1.807) is 0 Å². The summed E-state index contributed by atoms with van der Waals surface area (Å²) in [6, 6.07) is 4.19. The highest BCUT2D eigenvalue weighted by molar-refractivity contribution is 6.00. The molecule has 1 aliphatic rings. The van der Waals surface area contributed by atoms with Crippen LogP contribution in [0, 0.1) is 19.3 Å². The van der Waals surface area contributed by atoms with Crippen LogP contribution in [0.5, 0.6) is 0 Å². The molecular weight excluding hydrogens is 268 g/mol. The van der Waals surface area contributed by atoms with E-state index in [1.807, 2.05) is 13.8 Å². The van der Waals surface area contributed by atoms with E-state index in [4.69, 9.17) is 9.47 Å². The van der Waals surface area contributed by atoms with Crippen LogP contribution in [0.2, 0.25) is 0 Å². The molecule has 1 unspecified atom stereocenters. The number of esters is 2. The number of ether oxygens (including phenoxy) is 2. The zero-order valence-corrected chi connectivity index (χ0v) is 13.3. The predicted octanol–water partition coefficient (Wildman–Crippen LogP) is 2.69. The Hall–Kier alpha value is -1.84. The normalized spacial score (nSPS) is 19.6. The van der Waals surface area contributed by atoms with Gasteiger partial charge in [-0.2, -0.15) is 0 Å². The SMILES string of the molecule is COC(=O)C1(C(=O)OC)Cc2cc(C)cc(C)c2C(C)C1. The van der Waals surface area contributed by atoms with Crippen LogP contribution >= 0.6 is 0 Å². The number of fused-ring (bicyclic) bond motifs is 1. The van der Waals surface area contributed by atoms with E-state index in [9.17, 15) is 9.59 Å². The minimum atomic E-state index is -1.23. The molecule has 114 valence electrons. The topological polar surface area (TPSA) is 52.6 Å². The molecule has 4 heteroatoms. The van der Waals surface area contributed by atoms with Crippen LogP contribution < -0.4 is 0 Å². The van der Waals surface area contributed by atoms with Crippen molar-refractivity contribution in [3.05, 3.63) is 34.4 Å². The molecule has 0 aromatic heterocycles. The molecule has 0 aliphatic heterocycles. The van der Waals surface area contributed by atoms with Gasteiger partial charge in [-0.15, -0.1) is 0 Å². The largest absolute Gasteiger partial charge is 0.468 e. The molecule has 0 N–H and O–H groups in total. The first-order valence-corrected chi connectivity index (χ1v) is 7.12. The number of rotatable bonds is 2. The summed E-state index contributed by atoms with van der Waals surface area (Å²) in [5.41, 5.74) is 3.40. The van der Waals surface area contributed by atoms with E-state index in [0.717, 1.165) is 11.1 Å². The Labute approximate surface area is 125 Å². The smallest absolute Gasteiger partial charge is 0.323 e. The molecule has 0 radical (unpaired) electrons. The van der Waals surface area contributed by atoms with Crippen LogP contribution in [-0.2, 0) is 25.5 Å². The molecule has 2 rings (SSSR count). The van der Waals surface area contributed by atoms with Gasteiger partial charge in [-0.25, -0.2) is 0 Å². The lowest BCUT2D eigenvalue weighted by molar-refractivity contribution is -0.170. The molecule has 1 aromatic rings. The Kier molecular flexibility index (Phi) is 4.08. The van der Waals surface area contributed by atoms with Gasteiger partial charge in [0.2, 0.25) is 0 Å². The second-order valence-electron chi connectivity index (χ2n) is 6.00. The van der Waals surface area contributed by atoms with Crippen molar-refractivity contribution in [2.45, 2.75) is 39.5 Å². The summed E-state index contributed by atoms with van der Waals surface area (Å²) in [4.78, 5) is 24.6. The fourth-order valence-corrected chi connectivity index (χ4v) is 3.73. The molecule has 0 amide bonds. The second kappa shape index (κ2) is 5.51. The zero-order valence-electron chi connectivity index (χ0n) is 13.3. The Morgan fingerprint density at radius 2 is 1.71 bits per heavy atom. The molecule has 0 spiro atoms. The quantitative estimate of drug-likeness (QED) is 0.621. The average molecular weight is 290 g/mol. The summed E-state index contributed by atoms with van der Waals surface area (Å²) >= 11 is 0. The number of carbonyl (C=O) groups excluding carboxylic acids is 2. The third-order valence-corrected chi connectivity index (χ3v) is 4.41. The van der Waals surface area contributed by atoms with Gasteiger partial charge < -0.3 is 9.47 Å². The zero-order chi connectivity index (χ0) is 15.8. The number of hydrogen-bond acceptors (Lipinski definition) is 4. The molecule has 0 saturated carbocycles. The summed E-state index contributed by atoms with van der Waals surface area (Å²) in [5.74, 6) is -0.912. The van der Waals surface area contributed by atoms with Gasteiger partial charge in [0.15, 0.2) is 5.41 Å². The molecular formula is C17H22O4. The van der Waals surface area contributed by atoms with Crippen molar-refractivity contribution in [2.75, 3.05) is 14.2 Å². The van der Waals surface area contributed by atoms with E-state index in [1.165, 1.54) is 25.3 Å². The van der Waals surface area contributed by atoms with Crippen molar-refractivity contribution in [1.29, 1.82) is 0 Å². The monoisotopic (exact) mass is 290 g/mol. The van der Waals surface area contributed by atoms with Crippen molar-refractivity contribution in [3.63, 3.8) is 0 Å². The summed E-state index contributed by atoms with van der Waals surface area (Å²) in [5, 5.41) is 0. The van der Waals surface area contributed by atoms with E-state index < -0.39 is 17.4 Å². The first-order chi connectivity index (χ1) is 9.85. The first kappa shape index (κ1) is 15.5. The maximum absolute atomic E-state index is 12.3. The van der Waals surface area contributed by atoms with Gasteiger partial charge in [0.05, 0.1) is 14.2 Å². The van der Waals surface area contributed by atoms with Crippen molar-refractivity contribution in [2.24, 2.45) is 5.41 Å². The Morgan fingerprint density at radius 1 is 1.14 bits per heavy atom. The van der Waals surface area contributed by atoms with Gasteiger partial charge >= 0.3 is 11.9 Å². The fourth-order valence-electron chi connectivity index (χ4n) is 3.73. The maximum Gasteiger partial charge on any atom is 0.323 e. The molecule has 0 heterocycles. The number of hydrogen-bond donors (Lipinski definition) is 0. The van der Waals surface area contributed by atoms with Crippen LogP contribution in [0.4, 0.5) is 0 Å². The minimum Gasteiger partial charge on any atom is -0.468 e. The Morgan fingerprint density at radius 3 is 2.24 bits per heavy atom. The molecule has 21 heavy (non-hydrogen) atoms. The van der Waals surface area contributed by atoms with Gasteiger partial charge in [-0.3, -0.25) is 9.59 Å². The highest BCUT2D eigenvalue weighted by Gasteiger charge is 2.52. The van der Waals surface area contributed by atoms with Gasteiger partial charge in [0, 0.05) is 0 Å². The number of benzene rings is 1. The molecule has 1 atom stereocenters. The molecule has 1 aliphatic carbocycles. The Bertz CT molecular complexity index is 573. The number of methoxy groups -OCH3 is 2. The van der Waals surface area contributed by atoms with Crippen molar-refractivity contribution in [1.82, 2.24) is 0 Å². The highest BCUT2D eigenvalue weighted by Crippen LogP contribution is 2.45. The summed E-state index contributed by atoms with van der Waals surface area (Å²) in [6.45, 7) is 6.14. The lowest BCUT2D eigenvalue weighted by Crippen LogP contribution is -2.46. The van der Waals surface area contributed by atoms with Gasteiger partial charge in [-0.05, 0) is 49.3 Å². The van der Waals surface area contributed by atoms with Gasteiger partial charge in [0.1, 0.15) is 0 Å². The third-order valence-electron chi connectivity index (χ3n) is 4.41. The van der Waals surface area contributed by atoms with Gasteiger partial charge in [0.25, 0.3) is 0 Å². The summed E-state index contributed by atoms with van der Waals surface area (Å²) in [6.07, 6.45) is 0.762. The number of aryl methyl sites for hydroxylation is 2. The van der Waals surface area contributed by atoms with E-state index in [0.29, 0.717) is 12.8 Å². The second-order valence-corrected chi connectivity index (χ2v) is 6.00. The van der Waals surface area contributed by atoms with Crippen LogP contribution in [0.25, 0.3) is 0 Å². The molecule has 0 fully saturated rings. The lowest BCUT2D eigenvalue weighted by Gasteiger charge is -2.37. The Balaban J connectivity index is 2.59. The van der Waals surface area contributed by atoms with Crippen LogP contribution in [-0.4, -0.2) is 26.2 Å². The number of carbonyl (C=O) groups is 2.